The number of fused-ring (bicyclic) bond motifs is 1. The molecule has 4 N–H and O–H groups in total. The predicted molar refractivity (Wildman–Crippen MR) is 95.4 cm³/mol. The minimum absolute atomic E-state index is 0.277. The fraction of sp³-hybridized carbons (Fsp3) is 0.278. The normalized spacial score (nSPS) is 12.2. The Bertz CT molecular complexity index is 745. The Morgan fingerprint density at radius 1 is 1.08 bits per heavy atom. The van der Waals surface area contributed by atoms with Gasteiger partial charge in [-0.15, -0.1) is 0 Å². The van der Waals surface area contributed by atoms with Crippen LogP contribution in [0.25, 0.3) is 10.9 Å². The molecule has 0 saturated carbocycles. The third-order valence-corrected chi connectivity index (χ3v) is 3.67. The van der Waals surface area contributed by atoms with Crippen LogP contribution < -0.4 is 15.4 Å². The van der Waals surface area contributed by atoms with E-state index in [-0.39, 0.29) is 6.61 Å². The third-order valence-electron chi connectivity index (χ3n) is 3.67. The molecule has 0 radical (unpaired) electrons. The van der Waals surface area contributed by atoms with E-state index in [1.165, 1.54) is 0 Å². The van der Waals surface area contributed by atoms with Crippen molar-refractivity contribution in [3.05, 3.63) is 54.7 Å². The summed E-state index contributed by atoms with van der Waals surface area (Å²) in [6, 6.07) is 15.5. The van der Waals surface area contributed by atoms with Crippen molar-refractivity contribution in [2.24, 2.45) is 0 Å². The van der Waals surface area contributed by atoms with Crippen LogP contribution in [-0.2, 0) is 0 Å². The van der Waals surface area contributed by atoms with Gasteiger partial charge in [-0.05, 0) is 24.3 Å². The van der Waals surface area contributed by atoms with E-state index in [0.717, 1.165) is 35.4 Å². The van der Waals surface area contributed by atoms with E-state index in [1.54, 1.807) is 0 Å². The Morgan fingerprint density at radius 2 is 1.96 bits per heavy atom. The molecule has 6 heteroatoms. The van der Waals surface area contributed by atoms with Crippen molar-refractivity contribution in [2.75, 3.05) is 31.6 Å². The van der Waals surface area contributed by atoms with E-state index >= 15 is 0 Å². The van der Waals surface area contributed by atoms with Crippen molar-refractivity contribution in [3.8, 4) is 5.75 Å². The first-order valence-electron chi connectivity index (χ1n) is 8.05. The molecule has 3 aromatic rings. The topological polar surface area (TPSA) is 82.2 Å². The first kappa shape index (κ1) is 16.3. The predicted octanol–water partition coefficient (Wildman–Crippen LogP) is 2.00. The second-order valence-electron chi connectivity index (χ2n) is 5.55. The number of aromatic amines is 1. The van der Waals surface area contributed by atoms with Gasteiger partial charge in [0.2, 0.25) is 0 Å². The summed E-state index contributed by atoms with van der Waals surface area (Å²) in [4.78, 5) is 0. The van der Waals surface area contributed by atoms with E-state index in [0.29, 0.717) is 6.54 Å². The van der Waals surface area contributed by atoms with Gasteiger partial charge in [-0.25, -0.2) is 0 Å². The highest BCUT2D eigenvalue weighted by Gasteiger charge is 2.05. The van der Waals surface area contributed by atoms with Crippen molar-refractivity contribution >= 4 is 16.6 Å². The number of aromatic nitrogens is 2. The van der Waals surface area contributed by atoms with Crippen LogP contribution >= 0.6 is 0 Å². The number of anilines is 1. The Balaban J connectivity index is 1.33. The molecule has 2 aromatic carbocycles. The van der Waals surface area contributed by atoms with Crippen LogP contribution in [0.3, 0.4) is 0 Å². The number of H-pyrrole nitrogens is 1. The molecule has 126 valence electrons. The summed E-state index contributed by atoms with van der Waals surface area (Å²) in [5, 5.41) is 24.6. The summed E-state index contributed by atoms with van der Waals surface area (Å²) >= 11 is 0. The molecule has 0 bridgehead atoms. The number of benzene rings is 2. The molecular formula is C18H22N4O2. The lowest BCUT2D eigenvalue weighted by Gasteiger charge is -2.14. The van der Waals surface area contributed by atoms with Crippen molar-refractivity contribution in [1.29, 1.82) is 0 Å². The summed E-state index contributed by atoms with van der Waals surface area (Å²) in [6.45, 7) is 2.27. The highest BCUT2D eigenvalue weighted by Crippen LogP contribution is 2.20. The van der Waals surface area contributed by atoms with Gasteiger partial charge in [0.05, 0.1) is 11.7 Å². The van der Waals surface area contributed by atoms with E-state index in [9.17, 15) is 5.11 Å². The lowest BCUT2D eigenvalue weighted by molar-refractivity contribution is 0.107. The van der Waals surface area contributed by atoms with Crippen molar-refractivity contribution in [3.63, 3.8) is 0 Å². The first-order valence-corrected chi connectivity index (χ1v) is 8.05. The molecule has 0 aliphatic heterocycles. The largest absolute Gasteiger partial charge is 0.491 e. The molecule has 0 amide bonds. The lowest BCUT2D eigenvalue weighted by Crippen LogP contribution is -2.34. The standard InChI is InChI=1S/C18H22N4O2/c23-14(13-24-15-5-2-1-3-6-15)11-19-9-10-20-17-7-4-8-18-16(17)12-21-22-18/h1-8,12,14,19-20,23H,9-11,13H2,(H,21,22). The third kappa shape index (κ3) is 4.47. The molecule has 1 aromatic heterocycles. The van der Waals surface area contributed by atoms with Gasteiger partial charge in [0.15, 0.2) is 0 Å². The average Bonchev–Trinajstić information content (AvgIpc) is 3.10. The number of rotatable bonds is 9. The van der Waals surface area contributed by atoms with Crippen molar-refractivity contribution in [1.82, 2.24) is 15.5 Å². The monoisotopic (exact) mass is 326 g/mol. The number of para-hydroxylation sites is 1. The van der Waals surface area contributed by atoms with Crippen LogP contribution in [0.1, 0.15) is 0 Å². The van der Waals surface area contributed by atoms with Gasteiger partial charge >= 0.3 is 0 Å². The maximum atomic E-state index is 9.92. The Labute approximate surface area is 140 Å². The summed E-state index contributed by atoms with van der Waals surface area (Å²) in [6.07, 6.45) is 1.28. The SMILES string of the molecule is OC(CNCCNc1cccc2[nH]ncc12)COc1ccccc1. The van der Waals surface area contributed by atoms with Gasteiger partial charge in [0.1, 0.15) is 18.5 Å². The highest BCUT2D eigenvalue weighted by molar-refractivity contribution is 5.90. The molecular weight excluding hydrogens is 304 g/mol. The molecule has 0 fully saturated rings. The van der Waals surface area contributed by atoms with Gasteiger partial charge < -0.3 is 20.5 Å². The molecule has 0 aliphatic rings. The summed E-state index contributed by atoms with van der Waals surface area (Å²) in [5.41, 5.74) is 2.07. The maximum absolute atomic E-state index is 9.92. The Kier molecular flexibility index (Phi) is 5.65. The van der Waals surface area contributed by atoms with E-state index in [2.05, 4.69) is 20.8 Å². The molecule has 1 unspecified atom stereocenters. The molecule has 1 atom stereocenters. The number of hydrogen-bond acceptors (Lipinski definition) is 5. The fourth-order valence-electron chi connectivity index (χ4n) is 2.44. The summed E-state index contributed by atoms with van der Waals surface area (Å²) < 4.78 is 5.52. The fourth-order valence-corrected chi connectivity index (χ4v) is 2.44. The number of aliphatic hydroxyl groups excluding tert-OH is 1. The number of nitrogens with zero attached hydrogens (tertiary/aromatic N) is 1. The van der Waals surface area contributed by atoms with E-state index in [1.807, 2.05) is 54.7 Å². The van der Waals surface area contributed by atoms with Crippen LogP contribution in [0.5, 0.6) is 5.75 Å². The first-order chi connectivity index (χ1) is 11.8. The lowest BCUT2D eigenvalue weighted by atomic mass is 10.2. The Morgan fingerprint density at radius 3 is 2.83 bits per heavy atom. The minimum Gasteiger partial charge on any atom is -0.491 e. The van der Waals surface area contributed by atoms with E-state index < -0.39 is 6.10 Å². The zero-order valence-electron chi connectivity index (χ0n) is 13.4. The van der Waals surface area contributed by atoms with Crippen molar-refractivity contribution in [2.45, 2.75) is 6.10 Å². The smallest absolute Gasteiger partial charge is 0.119 e. The molecule has 3 rings (SSSR count). The van der Waals surface area contributed by atoms with Crippen LogP contribution in [0.4, 0.5) is 5.69 Å². The average molecular weight is 326 g/mol. The molecule has 0 saturated heterocycles. The van der Waals surface area contributed by atoms with Gasteiger partial charge in [-0.2, -0.15) is 5.10 Å². The number of nitrogens with one attached hydrogen (secondary N) is 3. The van der Waals surface area contributed by atoms with Gasteiger partial charge in [0, 0.05) is 30.7 Å². The number of ether oxygens (including phenoxy) is 1. The van der Waals surface area contributed by atoms with Gasteiger partial charge in [-0.1, -0.05) is 24.3 Å². The molecule has 24 heavy (non-hydrogen) atoms. The van der Waals surface area contributed by atoms with Crippen LogP contribution in [-0.4, -0.2) is 47.6 Å². The van der Waals surface area contributed by atoms with E-state index in [4.69, 9.17) is 4.74 Å². The van der Waals surface area contributed by atoms with Crippen LogP contribution in [0.15, 0.2) is 54.7 Å². The highest BCUT2D eigenvalue weighted by atomic mass is 16.5. The second-order valence-corrected chi connectivity index (χ2v) is 5.55. The van der Waals surface area contributed by atoms with Gasteiger partial charge in [-0.3, -0.25) is 5.10 Å². The Hall–Kier alpha value is -2.57. The molecule has 6 nitrogen and oxygen atoms in total. The number of hydrogen-bond donors (Lipinski definition) is 4. The van der Waals surface area contributed by atoms with Crippen molar-refractivity contribution < 1.29 is 9.84 Å². The zero-order chi connectivity index (χ0) is 16.6. The van der Waals surface area contributed by atoms with Crippen LogP contribution in [0.2, 0.25) is 0 Å². The molecule has 0 aliphatic carbocycles. The molecule has 0 spiro atoms. The van der Waals surface area contributed by atoms with Gasteiger partial charge in [0.25, 0.3) is 0 Å². The quantitative estimate of drug-likeness (QED) is 0.452. The second kappa shape index (κ2) is 8.33. The molecule has 1 heterocycles. The number of aliphatic hydroxyl groups is 1. The summed E-state index contributed by atoms with van der Waals surface area (Å²) in [5.74, 6) is 0.770. The maximum Gasteiger partial charge on any atom is 0.119 e. The minimum atomic E-state index is -0.539. The zero-order valence-corrected chi connectivity index (χ0v) is 13.4. The summed E-state index contributed by atoms with van der Waals surface area (Å²) in [7, 11) is 0. The van der Waals surface area contributed by atoms with Crippen LogP contribution in [0, 0.1) is 0 Å².